The van der Waals surface area contributed by atoms with Crippen LogP contribution in [0.25, 0.3) is 0 Å². The Morgan fingerprint density at radius 2 is 1.84 bits per heavy atom. The minimum Gasteiger partial charge on any atom is -0.348 e. The van der Waals surface area contributed by atoms with Crippen LogP contribution in [0.3, 0.4) is 0 Å². The summed E-state index contributed by atoms with van der Waals surface area (Å²) in [4.78, 5) is 27.3. The van der Waals surface area contributed by atoms with Crippen molar-refractivity contribution in [1.29, 1.82) is 0 Å². The van der Waals surface area contributed by atoms with Gasteiger partial charge in [-0.05, 0) is 36.8 Å². The van der Waals surface area contributed by atoms with E-state index in [2.05, 4.69) is 15.5 Å². The number of amides is 2. The van der Waals surface area contributed by atoms with E-state index in [0.29, 0.717) is 36.8 Å². The van der Waals surface area contributed by atoms with Gasteiger partial charge in [0.2, 0.25) is 0 Å². The maximum absolute atomic E-state index is 12.8. The molecule has 1 aromatic carbocycles. The van der Waals surface area contributed by atoms with E-state index in [1.807, 2.05) is 42.3 Å². The lowest BCUT2D eigenvalue weighted by Gasteiger charge is -2.31. The molecule has 1 aliphatic rings. The molecule has 0 radical (unpaired) electrons. The van der Waals surface area contributed by atoms with E-state index in [4.69, 9.17) is 0 Å². The van der Waals surface area contributed by atoms with Crippen LogP contribution in [0.1, 0.15) is 44.9 Å². The van der Waals surface area contributed by atoms with Gasteiger partial charge in [0.25, 0.3) is 11.8 Å². The van der Waals surface area contributed by atoms with E-state index in [0.717, 1.165) is 30.5 Å². The third-order valence-corrected chi connectivity index (χ3v) is 5.87. The first-order valence-corrected chi connectivity index (χ1v) is 10.6. The molecule has 0 bridgehead atoms. The molecule has 31 heavy (non-hydrogen) atoms. The molecule has 0 spiro atoms. The van der Waals surface area contributed by atoms with E-state index < -0.39 is 0 Å². The molecule has 3 heterocycles. The van der Waals surface area contributed by atoms with Crippen molar-refractivity contribution in [3.8, 4) is 0 Å². The van der Waals surface area contributed by atoms with Crippen LogP contribution < -0.4 is 5.32 Å². The summed E-state index contributed by atoms with van der Waals surface area (Å²) < 4.78 is 3.32. The highest BCUT2D eigenvalue weighted by molar-refractivity contribution is 5.95. The van der Waals surface area contributed by atoms with Gasteiger partial charge in [0.15, 0.2) is 0 Å². The Hall–Kier alpha value is -3.42. The van der Waals surface area contributed by atoms with Crippen molar-refractivity contribution in [1.82, 2.24) is 29.8 Å². The van der Waals surface area contributed by atoms with E-state index in [1.165, 1.54) is 0 Å². The molecule has 2 amide bonds. The summed E-state index contributed by atoms with van der Waals surface area (Å²) in [7, 11) is 3.62. The van der Waals surface area contributed by atoms with Gasteiger partial charge in [-0.25, -0.2) is 0 Å². The highest BCUT2D eigenvalue weighted by Gasteiger charge is 2.27. The lowest BCUT2D eigenvalue weighted by atomic mass is 9.91. The topological polar surface area (TPSA) is 85.0 Å². The standard InChI is InChI=1S/C23H28N6O2/c1-27-16-19(22(30)24-15-18-6-4-3-5-7-18)20(26-27)14-17-9-12-29(13-10-17)23(31)21-8-11-25-28(21)2/h3-8,11,16-17H,9-10,12-15H2,1-2H3,(H,24,30). The summed E-state index contributed by atoms with van der Waals surface area (Å²) in [5, 5.41) is 11.6. The maximum Gasteiger partial charge on any atom is 0.272 e. The van der Waals surface area contributed by atoms with Gasteiger partial charge in [0.05, 0.1) is 11.3 Å². The Morgan fingerprint density at radius 1 is 1.10 bits per heavy atom. The van der Waals surface area contributed by atoms with Crippen LogP contribution in [0.2, 0.25) is 0 Å². The van der Waals surface area contributed by atoms with Crippen LogP contribution in [0, 0.1) is 5.92 Å². The predicted octanol–water partition coefficient (Wildman–Crippen LogP) is 2.18. The highest BCUT2D eigenvalue weighted by Crippen LogP contribution is 2.24. The maximum atomic E-state index is 12.8. The molecule has 1 aliphatic heterocycles. The zero-order chi connectivity index (χ0) is 21.8. The van der Waals surface area contributed by atoms with Gasteiger partial charge in [0, 0.05) is 46.1 Å². The number of nitrogens with zero attached hydrogens (tertiary/aromatic N) is 5. The predicted molar refractivity (Wildman–Crippen MR) is 116 cm³/mol. The van der Waals surface area contributed by atoms with Gasteiger partial charge in [-0.1, -0.05) is 30.3 Å². The van der Waals surface area contributed by atoms with Gasteiger partial charge >= 0.3 is 0 Å². The van der Waals surface area contributed by atoms with Gasteiger partial charge in [0.1, 0.15) is 5.69 Å². The fourth-order valence-electron chi connectivity index (χ4n) is 4.11. The van der Waals surface area contributed by atoms with Crippen molar-refractivity contribution in [2.24, 2.45) is 20.0 Å². The lowest BCUT2D eigenvalue weighted by Crippen LogP contribution is -2.39. The molecule has 1 fully saturated rings. The third-order valence-electron chi connectivity index (χ3n) is 5.87. The Morgan fingerprint density at radius 3 is 2.52 bits per heavy atom. The average molecular weight is 421 g/mol. The quantitative estimate of drug-likeness (QED) is 0.662. The smallest absolute Gasteiger partial charge is 0.272 e. The first-order valence-electron chi connectivity index (χ1n) is 10.6. The van der Waals surface area contributed by atoms with E-state index in [1.54, 1.807) is 34.9 Å². The van der Waals surface area contributed by atoms with E-state index in [9.17, 15) is 9.59 Å². The molecular formula is C23H28N6O2. The minimum absolute atomic E-state index is 0.0252. The zero-order valence-electron chi connectivity index (χ0n) is 18.0. The molecule has 0 saturated carbocycles. The SMILES string of the molecule is Cn1cc(C(=O)NCc2ccccc2)c(CC2CCN(C(=O)c3ccnn3C)CC2)n1. The molecule has 0 atom stereocenters. The third kappa shape index (κ3) is 4.84. The Kier molecular flexibility index (Phi) is 6.16. The molecular weight excluding hydrogens is 392 g/mol. The number of carbonyl (C=O) groups is 2. The Balaban J connectivity index is 1.34. The molecule has 0 unspecified atom stereocenters. The number of piperidine rings is 1. The second kappa shape index (κ2) is 9.16. The van der Waals surface area contributed by atoms with Crippen molar-refractivity contribution in [2.45, 2.75) is 25.8 Å². The van der Waals surface area contributed by atoms with Crippen LogP contribution in [-0.4, -0.2) is 49.4 Å². The highest BCUT2D eigenvalue weighted by atomic mass is 16.2. The van der Waals surface area contributed by atoms with Crippen molar-refractivity contribution >= 4 is 11.8 Å². The van der Waals surface area contributed by atoms with Crippen molar-refractivity contribution < 1.29 is 9.59 Å². The number of aromatic nitrogens is 4. The van der Waals surface area contributed by atoms with Crippen LogP contribution in [0.4, 0.5) is 0 Å². The Labute approximate surface area is 181 Å². The molecule has 8 nitrogen and oxygen atoms in total. The molecule has 162 valence electrons. The molecule has 8 heteroatoms. The summed E-state index contributed by atoms with van der Waals surface area (Å²) in [5.74, 6) is 0.319. The van der Waals surface area contributed by atoms with Crippen LogP contribution >= 0.6 is 0 Å². The molecule has 3 aromatic rings. The molecule has 1 saturated heterocycles. The second-order valence-corrected chi connectivity index (χ2v) is 8.11. The summed E-state index contributed by atoms with van der Waals surface area (Å²) in [6.07, 6.45) is 5.96. The number of benzene rings is 1. The van der Waals surface area contributed by atoms with Crippen LogP contribution in [-0.2, 0) is 27.1 Å². The van der Waals surface area contributed by atoms with Crippen LogP contribution in [0.5, 0.6) is 0 Å². The fourth-order valence-corrected chi connectivity index (χ4v) is 4.11. The summed E-state index contributed by atoms with van der Waals surface area (Å²) in [5.41, 5.74) is 3.13. The average Bonchev–Trinajstić information content (AvgIpc) is 3.38. The molecule has 4 rings (SSSR count). The van der Waals surface area contributed by atoms with Gasteiger partial charge in [-0.15, -0.1) is 0 Å². The second-order valence-electron chi connectivity index (χ2n) is 8.11. The summed E-state index contributed by atoms with van der Waals surface area (Å²) >= 11 is 0. The van der Waals surface area contributed by atoms with Crippen molar-refractivity contribution in [3.63, 3.8) is 0 Å². The van der Waals surface area contributed by atoms with Crippen molar-refractivity contribution in [3.05, 3.63) is 71.3 Å². The van der Waals surface area contributed by atoms with E-state index >= 15 is 0 Å². The zero-order valence-corrected chi connectivity index (χ0v) is 18.0. The van der Waals surface area contributed by atoms with Crippen LogP contribution in [0.15, 0.2) is 48.8 Å². The number of hydrogen-bond donors (Lipinski definition) is 1. The van der Waals surface area contributed by atoms with Gasteiger partial charge < -0.3 is 10.2 Å². The molecule has 1 N–H and O–H groups in total. The number of carbonyl (C=O) groups excluding carboxylic acids is 2. The molecule has 2 aromatic heterocycles. The summed E-state index contributed by atoms with van der Waals surface area (Å²) in [6.45, 7) is 1.90. The lowest BCUT2D eigenvalue weighted by molar-refractivity contribution is 0.0679. The molecule has 0 aliphatic carbocycles. The number of nitrogens with one attached hydrogen (secondary N) is 1. The summed E-state index contributed by atoms with van der Waals surface area (Å²) in [6, 6.07) is 11.6. The number of hydrogen-bond acceptors (Lipinski definition) is 4. The first kappa shape index (κ1) is 20.8. The minimum atomic E-state index is -0.101. The normalized spacial score (nSPS) is 14.6. The largest absolute Gasteiger partial charge is 0.348 e. The number of rotatable bonds is 6. The van der Waals surface area contributed by atoms with Gasteiger partial charge in [-0.3, -0.25) is 19.0 Å². The monoisotopic (exact) mass is 420 g/mol. The number of aryl methyl sites for hydroxylation is 2. The van der Waals surface area contributed by atoms with Gasteiger partial charge in [-0.2, -0.15) is 10.2 Å². The first-order chi connectivity index (χ1) is 15.0. The fraction of sp³-hybridized carbons (Fsp3) is 0.391. The van der Waals surface area contributed by atoms with Crippen molar-refractivity contribution in [2.75, 3.05) is 13.1 Å². The number of likely N-dealkylation sites (tertiary alicyclic amines) is 1. The van der Waals surface area contributed by atoms with E-state index in [-0.39, 0.29) is 11.8 Å². The Bertz CT molecular complexity index is 1050.